The van der Waals surface area contributed by atoms with E-state index in [2.05, 4.69) is 0 Å². The van der Waals surface area contributed by atoms with Crippen molar-refractivity contribution in [3.8, 4) is 10.6 Å². The Morgan fingerprint density at radius 3 is 2.65 bits per heavy atom. The fraction of sp³-hybridized carbons (Fsp3) is 0.211. The standard InChI is InChI=1S/C19H17FN2O2S2/c1-13-5-7-14(8-6-13)19-21-17-9-10-22(12-18(17)25-19)26(23,24)16-4-2-3-15(20)11-16/h2-8,11H,9-10,12H2,1H3. The third-order valence-corrected chi connectivity index (χ3v) is 7.40. The van der Waals surface area contributed by atoms with Gasteiger partial charge in [-0.3, -0.25) is 0 Å². The molecule has 3 aromatic rings. The largest absolute Gasteiger partial charge is 0.243 e. The summed E-state index contributed by atoms with van der Waals surface area (Å²) >= 11 is 1.52. The van der Waals surface area contributed by atoms with Crippen molar-refractivity contribution in [2.75, 3.05) is 6.54 Å². The lowest BCUT2D eigenvalue weighted by molar-refractivity contribution is 0.392. The van der Waals surface area contributed by atoms with Crippen molar-refractivity contribution in [2.45, 2.75) is 24.8 Å². The fourth-order valence-corrected chi connectivity index (χ4v) is 5.63. The first kappa shape index (κ1) is 17.3. The zero-order chi connectivity index (χ0) is 18.3. The van der Waals surface area contributed by atoms with Gasteiger partial charge in [0.25, 0.3) is 0 Å². The lowest BCUT2D eigenvalue weighted by atomic mass is 10.1. The van der Waals surface area contributed by atoms with E-state index in [0.717, 1.165) is 27.2 Å². The average Bonchev–Trinajstić information content (AvgIpc) is 3.05. The predicted molar refractivity (Wildman–Crippen MR) is 100.0 cm³/mol. The highest BCUT2D eigenvalue weighted by atomic mass is 32.2. The van der Waals surface area contributed by atoms with E-state index in [1.54, 1.807) is 0 Å². The first-order valence-electron chi connectivity index (χ1n) is 8.25. The SMILES string of the molecule is Cc1ccc(-c2nc3c(s2)CN(S(=O)(=O)c2cccc(F)c2)CC3)cc1. The van der Waals surface area contributed by atoms with Crippen LogP contribution in [-0.4, -0.2) is 24.3 Å². The molecule has 0 atom stereocenters. The van der Waals surface area contributed by atoms with Crippen LogP contribution in [0.25, 0.3) is 10.6 Å². The number of fused-ring (bicyclic) bond motifs is 1. The maximum absolute atomic E-state index is 13.4. The highest BCUT2D eigenvalue weighted by Gasteiger charge is 2.30. The molecule has 2 aromatic carbocycles. The van der Waals surface area contributed by atoms with Crippen LogP contribution in [-0.2, 0) is 23.0 Å². The molecule has 0 amide bonds. The summed E-state index contributed by atoms with van der Waals surface area (Å²) in [6, 6.07) is 13.3. The van der Waals surface area contributed by atoms with Crippen molar-refractivity contribution in [3.63, 3.8) is 0 Å². The third-order valence-electron chi connectivity index (χ3n) is 4.43. The first-order chi connectivity index (χ1) is 12.4. The molecule has 0 aliphatic carbocycles. The van der Waals surface area contributed by atoms with E-state index in [0.29, 0.717) is 13.0 Å². The number of halogens is 1. The molecule has 1 aliphatic heterocycles. The van der Waals surface area contributed by atoms with Crippen LogP contribution in [0.1, 0.15) is 16.1 Å². The quantitative estimate of drug-likeness (QED) is 0.681. The Balaban J connectivity index is 1.63. The van der Waals surface area contributed by atoms with Crippen molar-refractivity contribution in [1.82, 2.24) is 9.29 Å². The van der Waals surface area contributed by atoms with Crippen LogP contribution in [0.15, 0.2) is 53.4 Å². The molecule has 0 bridgehead atoms. The summed E-state index contributed by atoms with van der Waals surface area (Å²) in [5.41, 5.74) is 3.17. The van der Waals surface area contributed by atoms with Crippen molar-refractivity contribution >= 4 is 21.4 Å². The van der Waals surface area contributed by atoms with Crippen LogP contribution in [0.4, 0.5) is 4.39 Å². The van der Waals surface area contributed by atoms with Crippen molar-refractivity contribution in [1.29, 1.82) is 0 Å². The Morgan fingerprint density at radius 2 is 1.92 bits per heavy atom. The van der Waals surface area contributed by atoms with E-state index in [1.807, 2.05) is 31.2 Å². The first-order valence-corrected chi connectivity index (χ1v) is 10.5. The number of aryl methyl sites for hydroxylation is 1. The zero-order valence-corrected chi connectivity index (χ0v) is 15.8. The van der Waals surface area contributed by atoms with Crippen LogP contribution in [0.3, 0.4) is 0 Å². The normalized spacial score (nSPS) is 15.0. The Morgan fingerprint density at radius 1 is 1.15 bits per heavy atom. The van der Waals surface area contributed by atoms with Gasteiger partial charge in [0.2, 0.25) is 10.0 Å². The number of hydrogen-bond donors (Lipinski definition) is 0. The van der Waals surface area contributed by atoms with Gasteiger partial charge in [-0.15, -0.1) is 11.3 Å². The zero-order valence-electron chi connectivity index (χ0n) is 14.1. The summed E-state index contributed by atoms with van der Waals surface area (Å²) in [6.07, 6.45) is 0.562. The lowest BCUT2D eigenvalue weighted by Gasteiger charge is -2.25. The number of benzene rings is 2. The van der Waals surface area contributed by atoms with Gasteiger partial charge >= 0.3 is 0 Å². The Kier molecular flexibility index (Phi) is 4.38. The molecule has 7 heteroatoms. The Hall–Kier alpha value is -2.09. The average molecular weight is 388 g/mol. The molecule has 0 radical (unpaired) electrons. The second kappa shape index (κ2) is 6.57. The van der Waals surface area contributed by atoms with E-state index in [4.69, 9.17) is 4.98 Å². The van der Waals surface area contributed by atoms with Crippen LogP contribution in [0.2, 0.25) is 0 Å². The molecular formula is C19H17FN2O2S2. The summed E-state index contributed by atoms with van der Waals surface area (Å²) in [6.45, 7) is 2.66. The molecule has 134 valence electrons. The fourth-order valence-electron chi connectivity index (χ4n) is 2.97. The number of nitrogens with zero attached hydrogens (tertiary/aromatic N) is 2. The Bertz CT molecular complexity index is 1060. The van der Waals surface area contributed by atoms with Gasteiger partial charge in [0.1, 0.15) is 10.8 Å². The minimum atomic E-state index is -3.72. The summed E-state index contributed by atoms with van der Waals surface area (Å²) in [5.74, 6) is -0.553. The van der Waals surface area contributed by atoms with E-state index < -0.39 is 15.8 Å². The summed E-state index contributed by atoms with van der Waals surface area (Å²) < 4.78 is 40.5. The minimum Gasteiger partial charge on any atom is -0.241 e. The molecule has 4 nitrogen and oxygen atoms in total. The van der Waals surface area contributed by atoms with Crippen LogP contribution < -0.4 is 0 Å². The summed E-state index contributed by atoms with van der Waals surface area (Å²) in [7, 11) is -3.72. The predicted octanol–water partition coefficient (Wildman–Crippen LogP) is 4.00. The highest BCUT2D eigenvalue weighted by molar-refractivity contribution is 7.89. The molecule has 0 spiro atoms. The van der Waals surface area contributed by atoms with Gasteiger partial charge in [-0.1, -0.05) is 35.9 Å². The van der Waals surface area contributed by atoms with Crippen molar-refractivity contribution in [3.05, 3.63) is 70.5 Å². The highest BCUT2D eigenvalue weighted by Crippen LogP contribution is 2.33. The van der Waals surface area contributed by atoms with Crippen molar-refractivity contribution < 1.29 is 12.8 Å². The molecule has 0 N–H and O–H groups in total. The van der Waals surface area contributed by atoms with Gasteiger partial charge in [0.05, 0.1) is 17.1 Å². The molecular weight excluding hydrogens is 371 g/mol. The summed E-state index contributed by atoms with van der Waals surface area (Å²) in [4.78, 5) is 5.63. The van der Waals surface area contributed by atoms with Crippen LogP contribution in [0, 0.1) is 12.7 Å². The van der Waals surface area contributed by atoms with E-state index in [9.17, 15) is 12.8 Å². The smallest absolute Gasteiger partial charge is 0.241 e. The second-order valence-corrected chi connectivity index (χ2v) is 9.32. The lowest BCUT2D eigenvalue weighted by Crippen LogP contribution is -2.35. The van der Waals surface area contributed by atoms with Gasteiger partial charge < -0.3 is 0 Å². The van der Waals surface area contributed by atoms with Gasteiger partial charge in [0.15, 0.2) is 0 Å². The number of thiazole rings is 1. The van der Waals surface area contributed by atoms with Gasteiger partial charge in [0, 0.05) is 23.4 Å². The molecule has 1 aromatic heterocycles. The summed E-state index contributed by atoms with van der Waals surface area (Å²) in [5, 5.41) is 0.903. The maximum atomic E-state index is 13.4. The van der Waals surface area contributed by atoms with Gasteiger partial charge in [-0.2, -0.15) is 4.31 Å². The molecule has 1 aliphatic rings. The molecule has 0 unspecified atom stereocenters. The van der Waals surface area contributed by atoms with E-state index >= 15 is 0 Å². The minimum absolute atomic E-state index is 0.00998. The van der Waals surface area contributed by atoms with E-state index in [1.165, 1.54) is 39.4 Å². The van der Waals surface area contributed by atoms with Crippen LogP contribution in [0.5, 0.6) is 0 Å². The van der Waals surface area contributed by atoms with Gasteiger partial charge in [-0.05, 0) is 25.1 Å². The van der Waals surface area contributed by atoms with Crippen LogP contribution >= 0.6 is 11.3 Å². The molecule has 0 fully saturated rings. The number of aromatic nitrogens is 1. The van der Waals surface area contributed by atoms with Crippen molar-refractivity contribution in [2.24, 2.45) is 0 Å². The molecule has 0 saturated carbocycles. The molecule has 26 heavy (non-hydrogen) atoms. The third kappa shape index (κ3) is 3.18. The maximum Gasteiger partial charge on any atom is 0.243 e. The van der Waals surface area contributed by atoms with Gasteiger partial charge in [-0.25, -0.2) is 17.8 Å². The molecule has 2 heterocycles. The molecule has 4 rings (SSSR count). The number of rotatable bonds is 3. The molecule has 0 saturated heterocycles. The topological polar surface area (TPSA) is 50.3 Å². The monoisotopic (exact) mass is 388 g/mol. The number of hydrogen-bond acceptors (Lipinski definition) is 4. The Labute approximate surface area is 156 Å². The second-order valence-electron chi connectivity index (χ2n) is 6.30. The number of sulfonamides is 1. The van der Waals surface area contributed by atoms with E-state index in [-0.39, 0.29) is 11.4 Å².